The fraction of sp³-hybridized carbons (Fsp3) is 0.357. The van der Waals surface area contributed by atoms with E-state index in [1.54, 1.807) is 0 Å². The minimum Gasteiger partial charge on any atom is -0.466 e. The first kappa shape index (κ1) is 18.1. The molecule has 0 spiro atoms. The van der Waals surface area contributed by atoms with E-state index in [0.717, 1.165) is 21.5 Å². The summed E-state index contributed by atoms with van der Waals surface area (Å²) in [6, 6.07) is 2.19. The summed E-state index contributed by atoms with van der Waals surface area (Å²) in [4.78, 5) is 23.4. The lowest BCUT2D eigenvalue weighted by Gasteiger charge is -2.12. The maximum atomic E-state index is 14.1. The molecule has 0 aliphatic carbocycles. The summed E-state index contributed by atoms with van der Waals surface area (Å²) in [6.45, 7) is 0.566. The van der Waals surface area contributed by atoms with Crippen molar-refractivity contribution in [1.29, 1.82) is 0 Å². The van der Waals surface area contributed by atoms with Gasteiger partial charge in [0.05, 0.1) is 18.2 Å². The van der Waals surface area contributed by atoms with Gasteiger partial charge in [-0.05, 0) is 6.07 Å². The number of hydrogen-bond donors (Lipinski definition) is 0. The van der Waals surface area contributed by atoms with E-state index < -0.39 is 17.1 Å². The van der Waals surface area contributed by atoms with Crippen molar-refractivity contribution in [1.82, 2.24) is 14.3 Å². The van der Waals surface area contributed by atoms with Crippen molar-refractivity contribution >= 4 is 11.6 Å². The first-order chi connectivity index (χ1) is 11.5. The first-order valence-electron chi connectivity index (χ1n) is 6.80. The van der Waals surface area contributed by atoms with Crippen LogP contribution < -0.4 is 16.0 Å². The van der Waals surface area contributed by atoms with Gasteiger partial charge in [-0.15, -0.1) is 0 Å². The highest BCUT2D eigenvalue weighted by atomic mass is 35.5. The molecule has 0 unspecified atom stereocenters. The van der Waals surface area contributed by atoms with Crippen molar-refractivity contribution in [3.05, 3.63) is 50.0 Å². The lowest BCUT2D eigenvalue weighted by Crippen LogP contribution is -2.38. The third-order valence-corrected chi connectivity index (χ3v) is 3.34. The van der Waals surface area contributed by atoms with Gasteiger partial charge < -0.3 is 14.2 Å². The van der Waals surface area contributed by atoms with Crippen molar-refractivity contribution in [2.45, 2.75) is 0 Å². The molecule has 8 nitrogen and oxygen atoms in total. The third kappa shape index (κ3) is 3.99. The van der Waals surface area contributed by atoms with Gasteiger partial charge in [-0.25, -0.2) is 9.18 Å². The Bertz CT molecular complexity index is 836. The second-order valence-electron chi connectivity index (χ2n) is 4.63. The van der Waals surface area contributed by atoms with Crippen LogP contribution in [0.25, 0.3) is 5.69 Å². The Morgan fingerprint density at radius 3 is 2.75 bits per heavy atom. The van der Waals surface area contributed by atoms with Crippen LogP contribution in [0.3, 0.4) is 0 Å². The molecule has 0 atom stereocenters. The van der Waals surface area contributed by atoms with Gasteiger partial charge in [0.2, 0.25) is 0 Å². The number of benzene rings is 1. The highest BCUT2D eigenvalue weighted by molar-refractivity contribution is 6.32. The Hall–Kier alpha value is -2.23. The normalized spacial score (nSPS) is 10.8. The first-order valence-corrected chi connectivity index (χ1v) is 7.17. The Balaban J connectivity index is 2.32. The summed E-state index contributed by atoms with van der Waals surface area (Å²) in [5.74, 6) is -0.686. The highest BCUT2D eigenvalue weighted by Gasteiger charge is 2.15. The zero-order chi connectivity index (χ0) is 17.7. The molecule has 1 aromatic carbocycles. The average molecular weight is 360 g/mol. The molecule has 2 aromatic rings. The lowest BCUT2D eigenvalue weighted by molar-refractivity contribution is -0.00846. The number of ether oxygens (including phenoxy) is 3. The van der Waals surface area contributed by atoms with Crippen molar-refractivity contribution in [2.75, 3.05) is 27.1 Å². The van der Waals surface area contributed by atoms with Gasteiger partial charge in [0.1, 0.15) is 17.6 Å². The average Bonchev–Trinajstić information content (AvgIpc) is 2.55. The molecule has 0 amide bonds. The smallest absolute Gasteiger partial charge is 0.352 e. The SMILES string of the molecule is COCCOCOc1cc(-n2ncc(=O)n(C)c2=O)c(F)cc1Cl. The molecular weight excluding hydrogens is 345 g/mol. The molecule has 0 saturated carbocycles. The molecule has 1 heterocycles. The number of nitrogens with zero attached hydrogens (tertiary/aromatic N) is 3. The Kier molecular flexibility index (Phi) is 6.07. The summed E-state index contributed by atoms with van der Waals surface area (Å²) >= 11 is 5.92. The Morgan fingerprint density at radius 1 is 1.29 bits per heavy atom. The van der Waals surface area contributed by atoms with Crippen LogP contribution in [-0.4, -0.2) is 41.5 Å². The second-order valence-corrected chi connectivity index (χ2v) is 5.04. The fourth-order valence-corrected chi connectivity index (χ4v) is 1.95. The molecule has 1 aromatic heterocycles. The molecule has 2 rings (SSSR count). The van der Waals surface area contributed by atoms with Gasteiger partial charge in [0.25, 0.3) is 5.56 Å². The number of rotatable bonds is 7. The summed E-state index contributed by atoms with van der Waals surface area (Å²) in [5, 5.41) is 3.65. The van der Waals surface area contributed by atoms with Crippen molar-refractivity contribution in [3.63, 3.8) is 0 Å². The molecule has 0 radical (unpaired) electrons. The maximum Gasteiger partial charge on any atom is 0.352 e. The van der Waals surface area contributed by atoms with Crippen LogP contribution in [0.4, 0.5) is 4.39 Å². The molecule has 0 bridgehead atoms. The molecule has 24 heavy (non-hydrogen) atoms. The van der Waals surface area contributed by atoms with Crippen molar-refractivity contribution < 1.29 is 18.6 Å². The predicted octanol–water partition coefficient (Wildman–Crippen LogP) is 0.723. The largest absolute Gasteiger partial charge is 0.466 e. The lowest BCUT2D eigenvalue weighted by atomic mass is 10.3. The minimum atomic E-state index is -0.800. The zero-order valence-corrected chi connectivity index (χ0v) is 13.7. The summed E-state index contributed by atoms with van der Waals surface area (Å²) in [5.41, 5.74) is -1.61. The van der Waals surface area contributed by atoms with Gasteiger partial charge in [-0.3, -0.25) is 9.36 Å². The van der Waals surface area contributed by atoms with Crippen LogP contribution in [-0.2, 0) is 16.5 Å². The molecule has 0 saturated heterocycles. The number of methoxy groups -OCH3 is 1. The molecule has 10 heteroatoms. The van der Waals surface area contributed by atoms with E-state index in [4.69, 9.17) is 25.8 Å². The summed E-state index contributed by atoms with van der Waals surface area (Å²) in [7, 11) is 2.79. The molecule has 0 N–H and O–H groups in total. The molecular formula is C14H15ClFN3O5. The zero-order valence-electron chi connectivity index (χ0n) is 13.0. The fourth-order valence-electron chi connectivity index (χ4n) is 1.74. The standard InChI is InChI=1S/C14H15ClFN3O5/c1-18-13(20)7-17-19(14(18)21)11-6-12(9(15)5-10(11)16)24-8-23-4-3-22-2/h5-7H,3-4,8H2,1-2H3. The quantitative estimate of drug-likeness (QED) is 0.535. The molecule has 130 valence electrons. The van der Waals surface area contributed by atoms with Crippen molar-refractivity contribution in [2.24, 2.45) is 7.05 Å². The van der Waals surface area contributed by atoms with E-state index in [2.05, 4.69) is 5.10 Å². The minimum absolute atomic E-state index is 0.00413. The van der Waals surface area contributed by atoms with E-state index in [0.29, 0.717) is 13.2 Å². The van der Waals surface area contributed by atoms with Gasteiger partial charge in [0.15, 0.2) is 12.6 Å². The summed E-state index contributed by atoms with van der Waals surface area (Å²) in [6.07, 6.45) is 0.907. The number of halogens is 2. The molecule has 0 aliphatic heterocycles. The third-order valence-electron chi connectivity index (χ3n) is 3.04. The highest BCUT2D eigenvalue weighted by Crippen LogP contribution is 2.28. The summed E-state index contributed by atoms with van der Waals surface area (Å²) < 4.78 is 30.9. The van der Waals surface area contributed by atoms with Crippen LogP contribution in [0.1, 0.15) is 0 Å². The van der Waals surface area contributed by atoms with E-state index in [-0.39, 0.29) is 23.3 Å². The molecule has 0 aliphatic rings. The Morgan fingerprint density at radius 2 is 2.04 bits per heavy atom. The number of aromatic nitrogens is 3. The van der Waals surface area contributed by atoms with Gasteiger partial charge in [-0.2, -0.15) is 9.78 Å². The topological polar surface area (TPSA) is 84.6 Å². The second kappa shape index (κ2) is 8.04. The van der Waals surface area contributed by atoms with Crippen LogP contribution in [0, 0.1) is 5.82 Å². The van der Waals surface area contributed by atoms with Crippen molar-refractivity contribution in [3.8, 4) is 11.4 Å². The van der Waals surface area contributed by atoms with E-state index in [1.807, 2.05) is 0 Å². The van der Waals surface area contributed by atoms with E-state index in [9.17, 15) is 14.0 Å². The van der Waals surface area contributed by atoms with Crippen LogP contribution >= 0.6 is 11.6 Å². The van der Waals surface area contributed by atoms with E-state index in [1.165, 1.54) is 20.2 Å². The van der Waals surface area contributed by atoms with Gasteiger partial charge in [0, 0.05) is 20.2 Å². The Labute approximate surface area is 140 Å². The maximum absolute atomic E-state index is 14.1. The van der Waals surface area contributed by atoms with Gasteiger partial charge in [-0.1, -0.05) is 11.6 Å². The number of hydrogen-bond acceptors (Lipinski definition) is 6. The monoisotopic (exact) mass is 359 g/mol. The predicted molar refractivity (Wildman–Crippen MR) is 83.4 cm³/mol. The van der Waals surface area contributed by atoms with Crippen LogP contribution in [0.15, 0.2) is 27.9 Å². The van der Waals surface area contributed by atoms with Crippen LogP contribution in [0.5, 0.6) is 5.75 Å². The van der Waals surface area contributed by atoms with Gasteiger partial charge >= 0.3 is 5.69 Å². The molecule has 0 fully saturated rings. The van der Waals surface area contributed by atoms with E-state index >= 15 is 0 Å². The van der Waals surface area contributed by atoms with Crippen LogP contribution in [0.2, 0.25) is 5.02 Å².